The molecule has 0 aliphatic heterocycles. The van der Waals surface area contributed by atoms with Crippen molar-refractivity contribution in [3.05, 3.63) is 29.8 Å². The van der Waals surface area contributed by atoms with E-state index < -0.39 is 17.3 Å². The van der Waals surface area contributed by atoms with Gasteiger partial charge in [-0.3, -0.25) is 4.98 Å². The topological polar surface area (TPSA) is 56.9 Å². The highest BCUT2D eigenvalue weighted by Crippen LogP contribution is 2.43. The Balaban J connectivity index is 2.40. The third kappa shape index (κ3) is 1.17. The zero-order valence-corrected chi connectivity index (χ0v) is 7.44. The minimum absolute atomic E-state index is 0.160. The van der Waals surface area contributed by atoms with Gasteiger partial charge in [0.25, 0.3) is 0 Å². The van der Waals surface area contributed by atoms with Crippen molar-refractivity contribution in [2.75, 3.05) is 0 Å². The average molecular weight is 192 g/mol. The molecule has 1 aromatic heterocycles. The van der Waals surface area contributed by atoms with Gasteiger partial charge in [-0.1, -0.05) is 0 Å². The Hall–Kier alpha value is -1.47. The van der Waals surface area contributed by atoms with Gasteiger partial charge < -0.3 is 5.11 Å². The fourth-order valence-electron chi connectivity index (χ4n) is 1.82. The highest BCUT2D eigenvalue weighted by molar-refractivity contribution is 5.32. The molecule has 0 aromatic carbocycles. The molecule has 0 unspecified atom stereocenters. The normalized spacial score (nSPS) is 30.5. The lowest BCUT2D eigenvalue weighted by atomic mass is 9.65. The highest BCUT2D eigenvalue weighted by Gasteiger charge is 2.48. The number of aliphatic hydroxyl groups excluding tert-OH is 1. The summed E-state index contributed by atoms with van der Waals surface area (Å²) in [5.41, 5.74) is -0.752. The van der Waals surface area contributed by atoms with Gasteiger partial charge in [0.15, 0.2) is 0 Å². The van der Waals surface area contributed by atoms with E-state index in [4.69, 9.17) is 10.4 Å². The van der Waals surface area contributed by atoms with Gasteiger partial charge in [-0.15, -0.1) is 0 Å². The average Bonchev–Trinajstić information content (AvgIpc) is 2.14. The molecule has 0 saturated heterocycles. The van der Waals surface area contributed by atoms with Gasteiger partial charge in [-0.05, 0) is 25.0 Å². The summed E-state index contributed by atoms with van der Waals surface area (Å²) in [6.45, 7) is 0. The van der Waals surface area contributed by atoms with Crippen LogP contribution in [0.25, 0.3) is 0 Å². The summed E-state index contributed by atoms with van der Waals surface area (Å²) in [6, 6.07) is 4.81. The van der Waals surface area contributed by atoms with Crippen molar-refractivity contribution in [1.82, 2.24) is 4.98 Å². The van der Waals surface area contributed by atoms with Crippen LogP contribution in [-0.4, -0.2) is 16.2 Å². The fraction of sp³-hybridized carbons (Fsp3) is 0.400. The maximum Gasteiger partial charge on any atom is 0.146 e. The van der Waals surface area contributed by atoms with Crippen molar-refractivity contribution in [2.45, 2.75) is 24.4 Å². The first-order valence-corrected chi connectivity index (χ1v) is 4.38. The third-order valence-corrected chi connectivity index (χ3v) is 2.59. The van der Waals surface area contributed by atoms with Crippen LogP contribution in [0.1, 0.15) is 18.5 Å². The van der Waals surface area contributed by atoms with Gasteiger partial charge in [0, 0.05) is 6.20 Å². The van der Waals surface area contributed by atoms with Gasteiger partial charge in [-0.25, -0.2) is 4.39 Å². The molecule has 4 heteroatoms. The molecule has 0 spiro atoms. The lowest BCUT2D eigenvalue weighted by molar-refractivity contribution is 0.0412. The number of rotatable bonds is 1. The number of aliphatic hydroxyl groups is 1. The fourth-order valence-corrected chi connectivity index (χ4v) is 1.82. The van der Waals surface area contributed by atoms with Crippen LogP contribution in [0.15, 0.2) is 18.3 Å². The van der Waals surface area contributed by atoms with Crippen molar-refractivity contribution in [1.29, 1.82) is 5.26 Å². The van der Waals surface area contributed by atoms with E-state index in [9.17, 15) is 4.39 Å². The summed E-state index contributed by atoms with van der Waals surface area (Å²) in [7, 11) is 0. The maximum atomic E-state index is 13.3. The summed E-state index contributed by atoms with van der Waals surface area (Å²) in [5.74, 6) is -0.471. The standard InChI is InChI=1S/C10H9FN2O/c11-8-2-1-3-13-9(8)10(6-12)4-7(14)5-10/h1-3,7,14H,4-5H2/t7-,10-. The molecule has 1 fully saturated rings. The number of nitrogens with zero attached hydrogens (tertiary/aromatic N) is 2. The monoisotopic (exact) mass is 192 g/mol. The van der Waals surface area contributed by atoms with Crippen LogP contribution in [0.5, 0.6) is 0 Å². The largest absolute Gasteiger partial charge is 0.393 e. The van der Waals surface area contributed by atoms with Crippen molar-refractivity contribution in [3.63, 3.8) is 0 Å². The molecule has 1 aliphatic carbocycles. The van der Waals surface area contributed by atoms with Crippen molar-refractivity contribution < 1.29 is 9.50 Å². The lowest BCUT2D eigenvalue weighted by Crippen LogP contribution is -2.44. The molecule has 1 aromatic rings. The number of hydrogen-bond donors (Lipinski definition) is 1. The molecular weight excluding hydrogens is 183 g/mol. The minimum Gasteiger partial charge on any atom is -0.393 e. The number of pyridine rings is 1. The number of aromatic nitrogens is 1. The van der Waals surface area contributed by atoms with E-state index in [2.05, 4.69) is 4.98 Å². The Labute approximate surface area is 80.8 Å². The van der Waals surface area contributed by atoms with Gasteiger partial charge in [0.2, 0.25) is 0 Å². The van der Waals surface area contributed by atoms with Crippen molar-refractivity contribution in [2.24, 2.45) is 0 Å². The van der Waals surface area contributed by atoms with E-state index in [-0.39, 0.29) is 18.5 Å². The van der Waals surface area contributed by atoms with Gasteiger partial charge in [0.1, 0.15) is 11.2 Å². The second kappa shape index (κ2) is 3.03. The van der Waals surface area contributed by atoms with Gasteiger partial charge >= 0.3 is 0 Å². The van der Waals surface area contributed by atoms with Crippen molar-refractivity contribution in [3.8, 4) is 6.07 Å². The molecule has 3 nitrogen and oxygen atoms in total. The molecule has 1 N–H and O–H groups in total. The SMILES string of the molecule is N#C[C@]1(c2ncccc2F)C[C@H](O)C1. The van der Waals surface area contributed by atoms with Crippen LogP contribution in [0.3, 0.4) is 0 Å². The number of hydrogen-bond acceptors (Lipinski definition) is 3. The smallest absolute Gasteiger partial charge is 0.146 e. The Bertz CT molecular complexity index is 393. The molecule has 1 aliphatic rings. The first kappa shape index (κ1) is 9.10. The highest BCUT2D eigenvalue weighted by atomic mass is 19.1. The Morgan fingerprint density at radius 2 is 2.36 bits per heavy atom. The summed E-state index contributed by atoms with van der Waals surface area (Å²) in [5, 5.41) is 18.1. The van der Waals surface area contributed by atoms with Crippen LogP contribution in [0.4, 0.5) is 4.39 Å². The van der Waals surface area contributed by atoms with E-state index in [0.717, 1.165) is 0 Å². The number of halogens is 1. The Morgan fingerprint density at radius 3 is 2.86 bits per heavy atom. The predicted molar refractivity (Wildman–Crippen MR) is 46.7 cm³/mol. The maximum absolute atomic E-state index is 13.3. The van der Waals surface area contributed by atoms with E-state index in [1.54, 1.807) is 0 Å². The molecule has 72 valence electrons. The van der Waals surface area contributed by atoms with Crippen LogP contribution >= 0.6 is 0 Å². The zero-order valence-electron chi connectivity index (χ0n) is 7.44. The zero-order chi connectivity index (χ0) is 10.2. The minimum atomic E-state index is -0.912. The van der Waals surface area contributed by atoms with E-state index in [1.807, 2.05) is 6.07 Å². The molecule has 0 atom stereocenters. The lowest BCUT2D eigenvalue weighted by Gasteiger charge is -2.38. The molecule has 14 heavy (non-hydrogen) atoms. The molecule has 0 radical (unpaired) electrons. The Morgan fingerprint density at radius 1 is 1.64 bits per heavy atom. The molecule has 0 bridgehead atoms. The Kier molecular flexibility index (Phi) is 1.97. The molecular formula is C10H9FN2O. The summed E-state index contributed by atoms with van der Waals surface area (Å²) in [6.07, 6.45) is 1.51. The second-order valence-corrected chi connectivity index (χ2v) is 3.59. The third-order valence-electron chi connectivity index (χ3n) is 2.59. The van der Waals surface area contributed by atoms with Crippen LogP contribution < -0.4 is 0 Å². The second-order valence-electron chi connectivity index (χ2n) is 3.59. The van der Waals surface area contributed by atoms with Crippen LogP contribution in [0, 0.1) is 17.1 Å². The van der Waals surface area contributed by atoms with Gasteiger partial charge in [0.05, 0.1) is 17.9 Å². The van der Waals surface area contributed by atoms with E-state index in [1.165, 1.54) is 18.3 Å². The van der Waals surface area contributed by atoms with Crippen LogP contribution in [0.2, 0.25) is 0 Å². The first-order valence-electron chi connectivity index (χ1n) is 4.38. The van der Waals surface area contributed by atoms with E-state index in [0.29, 0.717) is 0 Å². The molecule has 1 saturated carbocycles. The van der Waals surface area contributed by atoms with E-state index >= 15 is 0 Å². The van der Waals surface area contributed by atoms with Crippen LogP contribution in [-0.2, 0) is 5.41 Å². The summed E-state index contributed by atoms with van der Waals surface area (Å²) in [4.78, 5) is 3.87. The molecule has 2 rings (SSSR count). The molecule has 0 amide bonds. The summed E-state index contributed by atoms with van der Waals surface area (Å²) >= 11 is 0. The van der Waals surface area contributed by atoms with Gasteiger partial charge in [-0.2, -0.15) is 5.26 Å². The number of nitriles is 1. The first-order chi connectivity index (χ1) is 6.68. The quantitative estimate of drug-likeness (QED) is 0.725. The van der Waals surface area contributed by atoms with Crippen molar-refractivity contribution >= 4 is 0 Å². The molecule has 1 heterocycles. The predicted octanol–water partition coefficient (Wildman–Crippen LogP) is 1.14. The summed E-state index contributed by atoms with van der Waals surface area (Å²) < 4.78 is 13.3.